The minimum atomic E-state index is -1.000. The molecule has 0 heterocycles. The molecule has 0 aliphatic rings. The predicted molar refractivity (Wildman–Crippen MR) is 68.3 cm³/mol. The van der Waals surface area contributed by atoms with E-state index in [0.717, 1.165) is 6.07 Å². The van der Waals surface area contributed by atoms with Gasteiger partial charge in [0.25, 0.3) is 0 Å². The molecule has 1 unspecified atom stereocenters. The third kappa shape index (κ3) is 5.64. The molecule has 2 amide bonds. The lowest BCUT2D eigenvalue weighted by atomic mass is 10.1. The molecule has 20 heavy (non-hydrogen) atoms. The van der Waals surface area contributed by atoms with E-state index in [1.165, 1.54) is 19.1 Å². The van der Waals surface area contributed by atoms with E-state index in [1.807, 2.05) is 0 Å². The number of nitrogens with one attached hydrogen (secondary N) is 2. The van der Waals surface area contributed by atoms with Crippen LogP contribution in [-0.2, 0) is 11.2 Å². The SMILES string of the molecule is CC(CNC(=O)NCCc1cc(F)cc(F)c1)C(=O)O. The molecule has 0 aliphatic carbocycles. The van der Waals surface area contributed by atoms with Crippen LogP contribution in [0.15, 0.2) is 18.2 Å². The van der Waals surface area contributed by atoms with E-state index < -0.39 is 29.6 Å². The number of aliphatic carboxylic acids is 1. The van der Waals surface area contributed by atoms with Crippen molar-refractivity contribution < 1.29 is 23.5 Å². The zero-order chi connectivity index (χ0) is 15.1. The van der Waals surface area contributed by atoms with E-state index >= 15 is 0 Å². The van der Waals surface area contributed by atoms with Crippen LogP contribution in [0.4, 0.5) is 13.6 Å². The first kappa shape index (κ1) is 15.9. The molecule has 0 saturated carbocycles. The molecule has 0 aliphatic heterocycles. The molecule has 1 aromatic carbocycles. The molecule has 0 saturated heterocycles. The van der Waals surface area contributed by atoms with Gasteiger partial charge in [0, 0.05) is 19.2 Å². The number of carboxylic acid groups (broad SMARTS) is 1. The van der Waals surface area contributed by atoms with Gasteiger partial charge in [-0.25, -0.2) is 13.6 Å². The normalized spacial score (nSPS) is 11.8. The molecule has 110 valence electrons. The number of hydrogen-bond donors (Lipinski definition) is 3. The van der Waals surface area contributed by atoms with Crippen molar-refractivity contribution in [3.8, 4) is 0 Å². The van der Waals surface area contributed by atoms with Crippen molar-refractivity contribution in [2.24, 2.45) is 5.92 Å². The summed E-state index contributed by atoms with van der Waals surface area (Å²) in [5.41, 5.74) is 0.432. The lowest BCUT2D eigenvalue weighted by molar-refractivity contribution is -0.140. The quantitative estimate of drug-likeness (QED) is 0.742. The number of carbonyl (C=O) groups is 2. The van der Waals surface area contributed by atoms with Gasteiger partial charge in [0.1, 0.15) is 11.6 Å². The van der Waals surface area contributed by atoms with Gasteiger partial charge >= 0.3 is 12.0 Å². The monoisotopic (exact) mass is 286 g/mol. The van der Waals surface area contributed by atoms with E-state index in [2.05, 4.69) is 10.6 Å². The fourth-order valence-corrected chi connectivity index (χ4v) is 1.47. The largest absolute Gasteiger partial charge is 0.481 e. The van der Waals surface area contributed by atoms with Gasteiger partial charge in [0.15, 0.2) is 0 Å². The number of amides is 2. The zero-order valence-corrected chi connectivity index (χ0v) is 11.0. The van der Waals surface area contributed by atoms with Gasteiger partial charge in [-0.2, -0.15) is 0 Å². The number of benzene rings is 1. The number of hydrogen-bond acceptors (Lipinski definition) is 2. The molecule has 0 bridgehead atoms. The van der Waals surface area contributed by atoms with Crippen LogP contribution in [0, 0.1) is 17.6 Å². The Labute approximate surface area is 115 Å². The summed E-state index contributed by atoms with van der Waals surface area (Å²) in [7, 11) is 0. The highest BCUT2D eigenvalue weighted by Crippen LogP contribution is 2.07. The van der Waals surface area contributed by atoms with Crippen molar-refractivity contribution in [1.29, 1.82) is 0 Å². The molecule has 0 radical (unpaired) electrons. The average molecular weight is 286 g/mol. The maximum Gasteiger partial charge on any atom is 0.314 e. The van der Waals surface area contributed by atoms with E-state index in [-0.39, 0.29) is 19.5 Å². The van der Waals surface area contributed by atoms with Crippen molar-refractivity contribution in [3.63, 3.8) is 0 Å². The molecule has 1 rings (SSSR count). The third-order valence-electron chi connectivity index (χ3n) is 2.61. The number of carbonyl (C=O) groups excluding carboxylic acids is 1. The van der Waals surface area contributed by atoms with Crippen LogP contribution >= 0.6 is 0 Å². The second kappa shape index (κ2) is 7.42. The highest BCUT2D eigenvalue weighted by atomic mass is 19.1. The smallest absolute Gasteiger partial charge is 0.314 e. The maximum absolute atomic E-state index is 12.9. The fraction of sp³-hybridized carbons (Fsp3) is 0.385. The van der Waals surface area contributed by atoms with Crippen molar-refractivity contribution in [2.75, 3.05) is 13.1 Å². The molecule has 0 aromatic heterocycles. The zero-order valence-electron chi connectivity index (χ0n) is 11.0. The van der Waals surface area contributed by atoms with Crippen LogP contribution in [0.25, 0.3) is 0 Å². The molecule has 0 spiro atoms. The molecule has 5 nitrogen and oxygen atoms in total. The highest BCUT2D eigenvalue weighted by Gasteiger charge is 2.11. The van der Waals surface area contributed by atoms with Crippen molar-refractivity contribution in [3.05, 3.63) is 35.4 Å². The summed E-state index contributed by atoms with van der Waals surface area (Å²) >= 11 is 0. The second-order valence-electron chi connectivity index (χ2n) is 4.40. The average Bonchev–Trinajstić information content (AvgIpc) is 2.34. The number of rotatable bonds is 6. The Balaban J connectivity index is 2.30. The maximum atomic E-state index is 12.9. The number of carboxylic acids is 1. The van der Waals surface area contributed by atoms with E-state index in [9.17, 15) is 18.4 Å². The second-order valence-corrected chi connectivity index (χ2v) is 4.40. The summed E-state index contributed by atoms with van der Waals surface area (Å²) in [4.78, 5) is 21.9. The summed E-state index contributed by atoms with van der Waals surface area (Å²) in [6.45, 7) is 1.67. The summed E-state index contributed by atoms with van der Waals surface area (Å²) in [6, 6.07) is 2.64. The van der Waals surface area contributed by atoms with E-state index in [4.69, 9.17) is 5.11 Å². The number of urea groups is 1. The van der Waals surface area contributed by atoms with Crippen molar-refractivity contribution >= 4 is 12.0 Å². The van der Waals surface area contributed by atoms with Crippen LogP contribution in [0.5, 0.6) is 0 Å². The molecule has 0 fully saturated rings. The van der Waals surface area contributed by atoms with Crippen molar-refractivity contribution in [2.45, 2.75) is 13.3 Å². The first-order chi connectivity index (χ1) is 9.38. The minimum Gasteiger partial charge on any atom is -0.481 e. The molecule has 1 atom stereocenters. The summed E-state index contributed by atoms with van der Waals surface area (Å²) in [5.74, 6) is -3.02. The van der Waals surface area contributed by atoms with Crippen LogP contribution in [0.1, 0.15) is 12.5 Å². The lowest BCUT2D eigenvalue weighted by Gasteiger charge is -2.10. The minimum absolute atomic E-state index is 0.00968. The predicted octanol–water partition coefficient (Wildman–Crippen LogP) is 1.53. The van der Waals surface area contributed by atoms with Gasteiger partial charge in [-0.15, -0.1) is 0 Å². The summed E-state index contributed by atoms with van der Waals surface area (Å²) in [5, 5.41) is 13.5. The van der Waals surface area contributed by atoms with E-state index in [1.54, 1.807) is 0 Å². The van der Waals surface area contributed by atoms with Gasteiger partial charge in [-0.05, 0) is 24.1 Å². The first-order valence-corrected chi connectivity index (χ1v) is 6.08. The van der Waals surface area contributed by atoms with Gasteiger partial charge < -0.3 is 15.7 Å². The topological polar surface area (TPSA) is 78.4 Å². The Kier molecular flexibility index (Phi) is 5.89. The Morgan fingerprint density at radius 3 is 2.35 bits per heavy atom. The third-order valence-corrected chi connectivity index (χ3v) is 2.61. The molecule has 3 N–H and O–H groups in total. The van der Waals surface area contributed by atoms with Crippen molar-refractivity contribution in [1.82, 2.24) is 10.6 Å². The van der Waals surface area contributed by atoms with Crippen LogP contribution in [0.3, 0.4) is 0 Å². The summed E-state index contributed by atoms with van der Waals surface area (Å²) < 4.78 is 25.8. The van der Waals surface area contributed by atoms with Crippen LogP contribution < -0.4 is 10.6 Å². The lowest BCUT2D eigenvalue weighted by Crippen LogP contribution is -2.40. The van der Waals surface area contributed by atoms with Crippen LogP contribution in [-0.4, -0.2) is 30.2 Å². The van der Waals surface area contributed by atoms with Gasteiger partial charge in [0.2, 0.25) is 0 Å². The Hall–Kier alpha value is -2.18. The fourth-order valence-electron chi connectivity index (χ4n) is 1.47. The Morgan fingerprint density at radius 1 is 1.20 bits per heavy atom. The Bertz CT molecular complexity index is 474. The standard InChI is InChI=1S/C13H16F2N2O3/c1-8(12(18)19)7-17-13(20)16-3-2-9-4-10(14)6-11(15)5-9/h4-6,8H,2-3,7H2,1H3,(H,18,19)(H2,16,17,20). The molecule has 7 heteroatoms. The van der Waals surface area contributed by atoms with Gasteiger partial charge in [0.05, 0.1) is 5.92 Å². The van der Waals surface area contributed by atoms with Crippen LogP contribution in [0.2, 0.25) is 0 Å². The summed E-state index contributed by atoms with van der Waals surface area (Å²) in [6.07, 6.45) is 0.274. The van der Waals surface area contributed by atoms with Gasteiger partial charge in [-0.1, -0.05) is 6.92 Å². The molecular formula is C13H16F2N2O3. The molecule has 1 aromatic rings. The van der Waals surface area contributed by atoms with Gasteiger partial charge in [-0.3, -0.25) is 4.79 Å². The first-order valence-electron chi connectivity index (χ1n) is 6.08. The highest BCUT2D eigenvalue weighted by molar-refractivity contribution is 5.75. The van der Waals surface area contributed by atoms with E-state index in [0.29, 0.717) is 5.56 Å². The Morgan fingerprint density at radius 2 is 1.80 bits per heavy atom. The molecular weight excluding hydrogens is 270 g/mol. The number of halogens is 2.